The van der Waals surface area contributed by atoms with Crippen molar-refractivity contribution in [1.82, 2.24) is 0 Å². The first-order valence-corrected chi connectivity index (χ1v) is 5.91. The summed E-state index contributed by atoms with van der Waals surface area (Å²) in [5, 5.41) is 9.15. The summed E-state index contributed by atoms with van der Waals surface area (Å²) in [7, 11) is 0. The number of hydrogen-bond acceptors (Lipinski definition) is 3. The molecule has 0 aromatic heterocycles. The highest BCUT2D eigenvalue weighted by Gasteiger charge is 1.97. The Morgan fingerprint density at radius 2 is 1.39 bits per heavy atom. The normalized spacial score (nSPS) is 10.1. The van der Waals surface area contributed by atoms with E-state index in [0.29, 0.717) is 13.2 Å². The van der Waals surface area contributed by atoms with E-state index >= 15 is 0 Å². The van der Waals surface area contributed by atoms with Gasteiger partial charge in [0.25, 0.3) is 0 Å². The molecule has 0 bridgehead atoms. The Morgan fingerprint density at radius 1 is 0.833 bits per heavy atom. The zero-order valence-corrected chi connectivity index (χ0v) is 10.3. The highest BCUT2D eigenvalue weighted by atomic mass is 16.5. The number of phenolic OH excluding ortho intramolecular Hbond substituents is 1. The summed E-state index contributed by atoms with van der Waals surface area (Å²) in [5.41, 5.74) is 1.08. The van der Waals surface area contributed by atoms with Crippen LogP contribution in [0.5, 0.6) is 17.2 Å². The molecule has 94 valence electrons. The summed E-state index contributed by atoms with van der Waals surface area (Å²) in [6, 6.07) is 14.5. The van der Waals surface area contributed by atoms with E-state index in [9.17, 15) is 0 Å². The molecule has 2 aromatic rings. The zero-order valence-electron chi connectivity index (χ0n) is 10.3. The molecular formula is C15H16O3. The maximum absolute atomic E-state index is 9.15. The summed E-state index contributed by atoms with van der Waals surface area (Å²) >= 11 is 0. The standard InChI is InChI=1S/C15H16O3/c1-2-17-14-7-3-12(4-8-14)11-18-15-9-5-13(16)6-10-15/h3-10,16H,2,11H2,1H3. The van der Waals surface area contributed by atoms with Gasteiger partial charge in [-0.15, -0.1) is 0 Å². The van der Waals surface area contributed by atoms with Crippen molar-refractivity contribution in [2.24, 2.45) is 0 Å². The summed E-state index contributed by atoms with van der Waals surface area (Å²) in [5.74, 6) is 1.84. The fraction of sp³-hybridized carbons (Fsp3) is 0.200. The first-order valence-electron chi connectivity index (χ1n) is 5.91. The van der Waals surface area contributed by atoms with Crippen LogP contribution in [0.2, 0.25) is 0 Å². The Hall–Kier alpha value is -2.16. The van der Waals surface area contributed by atoms with Gasteiger partial charge in [-0.3, -0.25) is 0 Å². The van der Waals surface area contributed by atoms with Crippen molar-refractivity contribution >= 4 is 0 Å². The summed E-state index contributed by atoms with van der Waals surface area (Å²) in [6.45, 7) is 3.13. The SMILES string of the molecule is CCOc1ccc(COc2ccc(O)cc2)cc1. The average molecular weight is 244 g/mol. The molecule has 2 rings (SSSR count). The van der Waals surface area contributed by atoms with E-state index in [2.05, 4.69) is 0 Å². The van der Waals surface area contributed by atoms with Crippen LogP contribution in [0.1, 0.15) is 12.5 Å². The summed E-state index contributed by atoms with van der Waals surface area (Å²) in [4.78, 5) is 0. The van der Waals surface area contributed by atoms with E-state index in [1.165, 1.54) is 0 Å². The lowest BCUT2D eigenvalue weighted by atomic mass is 10.2. The Morgan fingerprint density at radius 3 is 2.00 bits per heavy atom. The van der Waals surface area contributed by atoms with Crippen LogP contribution in [-0.2, 0) is 6.61 Å². The Balaban J connectivity index is 1.91. The van der Waals surface area contributed by atoms with Crippen molar-refractivity contribution in [3.63, 3.8) is 0 Å². The van der Waals surface area contributed by atoms with Gasteiger partial charge in [-0.1, -0.05) is 12.1 Å². The van der Waals surface area contributed by atoms with E-state index in [0.717, 1.165) is 17.1 Å². The number of ether oxygens (including phenoxy) is 2. The fourth-order valence-corrected chi connectivity index (χ4v) is 1.56. The molecule has 0 aliphatic rings. The predicted octanol–water partition coefficient (Wildman–Crippen LogP) is 3.37. The van der Waals surface area contributed by atoms with Gasteiger partial charge in [0.2, 0.25) is 0 Å². The molecule has 1 N–H and O–H groups in total. The van der Waals surface area contributed by atoms with E-state index in [1.807, 2.05) is 31.2 Å². The Labute approximate surface area is 107 Å². The minimum Gasteiger partial charge on any atom is -0.508 e. The van der Waals surface area contributed by atoms with Crippen LogP contribution in [0.4, 0.5) is 0 Å². The third-order valence-electron chi connectivity index (χ3n) is 2.48. The van der Waals surface area contributed by atoms with Gasteiger partial charge in [0.15, 0.2) is 0 Å². The van der Waals surface area contributed by atoms with Crippen LogP contribution in [0, 0.1) is 0 Å². The molecular weight excluding hydrogens is 228 g/mol. The molecule has 0 aliphatic heterocycles. The van der Waals surface area contributed by atoms with E-state index < -0.39 is 0 Å². The number of hydrogen-bond donors (Lipinski definition) is 1. The van der Waals surface area contributed by atoms with Gasteiger partial charge >= 0.3 is 0 Å². The topological polar surface area (TPSA) is 38.7 Å². The lowest BCUT2D eigenvalue weighted by Gasteiger charge is -2.07. The van der Waals surface area contributed by atoms with Gasteiger partial charge in [0.05, 0.1) is 6.61 Å². The minimum atomic E-state index is 0.239. The highest BCUT2D eigenvalue weighted by molar-refractivity contribution is 5.31. The molecule has 0 fully saturated rings. The molecule has 18 heavy (non-hydrogen) atoms. The molecule has 2 aromatic carbocycles. The molecule has 3 nitrogen and oxygen atoms in total. The largest absolute Gasteiger partial charge is 0.508 e. The van der Waals surface area contributed by atoms with Crippen molar-refractivity contribution in [3.05, 3.63) is 54.1 Å². The van der Waals surface area contributed by atoms with Gasteiger partial charge in [-0.2, -0.15) is 0 Å². The minimum absolute atomic E-state index is 0.239. The van der Waals surface area contributed by atoms with Gasteiger partial charge in [-0.25, -0.2) is 0 Å². The van der Waals surface area contributed by atoms with Crippen LogP contribution in [0.15, 0.2) is 48.5 Å². The van der Waals surface area contributed by atoms with Crippen LogP contribution in [-0.4, -0.2) is 11.7 Å². The lowest BCUT2D eigenvalue weighted by Crippen LogP contribution is -1.96. The average Bonchev–Trinajstić information content (AvgIpc) is 2.40. The quantitative estimate of drug-likeness (QED) is 0.876. The first-order chi connectivity index (χ1) is 8.78. The number of aromatic hydroxyl groups is 1. The Kier molecular flexibility index (Phi) is 4.07. The van der Waals surface area contributed by atoms with Crippen molar-refractivity contribution in [2.45, 2.75) is 13.5 Å². The van der Waals surface area contributed by atoms with Crippen molar-refractivity contribution in [3.8, 4) is 17.2 Å². The first kappa shape index (κ1) is 12.3. The number of benzene rings is 2. The predicted molar refractivity (Wildman–Crippen MR) is 70.0 cm³/mol. The molecule has 0 spiro atoms. The second-order valence-corrected chi connectivity index (χ2v) is 3.86. The van der Waals surface area contributed by atoms with Crippen LogP contribution in [0.25, 0.3) is 0 Å². The summed E-state index contributed by atoms with van der Waals surface area (Å²) < 4.78 is 11.0. The van der Waals surface area contributed by atoms with Gasteiger partial charge in [0, 0.05) is 0 Å². The molecule has 0 atom stereocenters. The maximum atomic E-state index is 9.15. The molecule has 0 aliphatic carbocycles. The van der Waals surface area contributed by atoms with Crippen LogP contribution >= 0.6 is 0 Å². The number of phenols is 1. The molecule has 0 radical (unpaired) electrons. The molecule has 0 heterocycles. The monoisotopic (exact) mass is 244 g/mol. The van der Waals surface area contributed by atoms with Crippen molar-refractivity contribution < 1.29 is 14.6 Å². The maximum Gasteiger partial charge on any atom is 0.120 e. The van der Waals surface area contributed by atoms with Gasteiger partial charge in [-0.05, 0) is 48.9 Å². The van der Waals surface area contributed by atoms with E-state index in [-0.39, 0.29) is 5.75 Å². The van der Waals surface area contributed by atoms with E-state index in [1.54, 1.807) is 24.3 Å². The third kappa shape index (κ3) is 3.42. The highest BCUT2D eigenvalue weighted by Crippen LogP contribution is 2.18. The van der Waals surface area contributed by atoms with E-state index in [4.69, 9.17) is 14.6 Å². The van der Waals surface area contributed by atoms with Crippen molar-refractivity contribution in [1.29, 1.82) is 0 Å². The smallest absolute Gasteiger partial charge is 0.120 e. The molecule has 3 heteroatoms. The zero-order chi connectivity index (χ0) is 12.8. The lowest BCUT2D eigenvalue weighted by molar-refractivity contribution is 0.305. The molecule has 0 saturated carbocycles. The van der Waals surface area contributed by atoms with Crippen LogP contribution < -0.4 is 9.47 Å². The Bertz CT molecular complexity index is 474. The fourth-order valence-electron chi connectivity index (χ4n) is 1.56. The van der Waals surface area contributed by atoms with Crippen LogP contribution in [0.3, 0.4) is 0 Å². The van der Waals surface area contributed by atoms with Gasteiger partial charge in [0.1, 0.15) is 23.9 Å². The second kappa shape index (κ2) is 5.96. The van der Waals surface area contributed by atoms with Gasteiger partial charge < -0.3 is 14.6 Å². The molecule has 0 amide bonds. The third-order valence-corrected chi connectivity index (χ3v) is 2.48. The number of rotatable bonds is 5. The second-order valence-electron chi connectivity index (χ2n) is 3.86. The van der Waals surface area contributed by atoms with Crippen molar-refractivity contribution in [2.75, 3.05) is 6.61 Å². The molecule has 0 unspecified atom stereocenters. The molecule has 0 saturated heterocycles. The summed E-state index contributed by atoms with van der Waals surface area (Å²) in [6.07, 6.45) is 0.